The number of benzene rings is 13. The molecule has 78 heavy (non-hydrogen) atoms. The molecular formula is C74H54N4. The largest absolute Gasteiger partial charge is 0.311 e. The molecule has 0 radical (unpaired) electrons. The first-order chi connectivity index (χ1) is 38.7. The minimum atomic E-state index is 1.07. The molecule has 0 spiro atoms. The third kappa shape index (κ3) is 9.29. The van der Waals surface area contributed by atoms with Crippen LogP contribution < -0.4 is 19.6 Å². The van der Waals surface area contributed by atoms with E-state index in [4.69, 9.17) is 0 Å². The van der Waals surface area contributed by atoms with Gasteiger partial charge in [-0.15, -0.1) is 0 Å². The van der Waals surface area contributed by atoms with Crippen molar-refractivity contribution in [3.8, 4) is 22.3 Å². The molecule has 0 aliphatic heterocycles. The van der Waals surface area contributed by atoms with E-state index in [1.54, 1.807) is 0 Å². The Bertz CT molecular complexity index is 3740. The van der Waals surface area contributed by atoms with Crippen LogP contribution in [0.1, 0.15) is 0 Å². The Morgan fingerprint density at radius 3 is 0.577 bits per heavy atom. The molecule has 0 amide bonds. The van der Waals surface area contributed by atoms with Crippen LogP contribution >= 0.6 is 0 Å². The zero-order chi connectivity index (χ0) is 52.0. The maximum atomic E-state index is 2.46. The van der Waals surface area contributed by atoms with Crippen LogP contribution in [0.2, 0.25) is 0 Å². The summed E-state index contributed by atoms with van der Waals surface area (Å²) in [7, 11) is 0. The highest BCUT2D eigenvalue weighted by Crippen LogP contribution is 2.53. The number of fused-ring (bicyclic) bond motifs is 2. The van der Waals surface area contributed by atoms with Crippen molar-refractivity contribution < 1.29 is 0 Å². The number of para-hydroxylation sites is 8. The molecule has 4 heteroatoms. The second-order valence-electron chi connectivity index (χ2n) is 19.3. The fourth-order valence-corrected chi connectivity index (χ4v) is 11.0. The van der Waals surface area contributed by atoms with Gasteiger partial charge in [-0.1, -0.05) is 194 Å². The molecule has 0 saturated carbocycles. The van der Waals surface area contributed by atoms with Crippen LogP contribution in [0.5, 0.6) is 0 Å². The molecule has 13 aromatic rings. The minimum absolute atomic E-state index is 1.07. The topological polar surface area (TPSA) is 13.0 Å². The molecule has 0 unspecified atom stereocenters. The summed E-state index contributed by atoms with van der Waals surface area (Å²) in [6.45, 7) is 0. The Hall–Kier alpha value is -10.4. The summed E-state index contributed by atoms with van der Waals surface area (Å²) in [4.78, 5) is 9.52. The Morgan fingerprint density at radius 2 is 0.333 bits per heavy atom. The lowest BCUT2D eigenvalue weighted by Crippen LogP contribution is -2.14. The van der Waals surface area contributed by atoms with Crippen LogP contribution in [0.4, 0.5) is 68.2 Å². The molecule has 0 aliphatic carbocycles. The predicted molar refractivity (Wildman–Crippen MR) is 331 cm³/mol. The van der Waals surface area contributed by atoms with E-state index in [0.29, 0.717) is 0 Å². The lowest BCUT2D eigenvalue weighted by atomic mass is 9.91. The molecule has 0 N–H and O–H groups in total. The second kappa shape index (κ2) is 21.4. The van der Waals surface area contributed by atoms with Crippen molar-refractivity contribution in [1.29, 1.82) is 0 Å². The summed E-state index contributed by atoms with van der Waals surface area (Å²) < 4.78 is 0. The van der Waals surface area contributed by atoms with E-state index in [0.717, 1.165) is 112 Å². The highest BCUT2D eigenvalue weighted by molar-refractivity contribution is 6.24. The monoisotopic (exact) mass is 998 g/mol. The van der Waals surface area contributed by atoms with Gasteiger partial charge in [-0.05, 0) is 156 Å². The average Bonchev–Trinajstić information content (AvgIpc) is 3.48. The molecular weight excluding hydrogens is 945 g/mol. The summed E-state index contributed by atoms with van der Waals surface area (Å²) in [6.07, 6.45) is 0. The van der Waals surface area contributed by atoms with Gasteiger partial charge in [0.25, 0.3) is 0 Å². The molecule has 13 aromatic carbocycles. The van der Waals surface area contributed by atoms with Crippen molar-refractivity contribution in [3.05, 3.63) is 328 Å². The van der Waals surface area contributed by atoms with E-state index < -0.39 is 0 Å². The van der Waals surface area contributed by atoms with Crippen molar-refractivity contribution in [3.63, 3.8) is 0 Å². The third-order valence-corrected chi connectivity index (χ3v) is 14.5. The number of anilines is 12. The van der Waals surface area contributed by atoms with Gasteiger partial charge < -0.3 is 19.6 Å². The Balaban J connectivity index is 1.06. The van der Waals surface area contributed by atoms with E-state index >= 15 is 0 Å². The fourth-order valence-electron chi connectivity index (χ4n) is 11.0. The minimum Gasteiger partial charge on any atom is -0.311 e. The van der Waals surface area contributed by atoms with Crippen molar-refractivity contribution >= 4 is 89.8 Å². The zero-order valence-electron chi connectivity index (χ0n) is 43.0. The van der Waals surface area contributed by atoms with Crippen LogP contribution in [-0.4, -0.2) is 0 Å². The van der Waals surface area contributed by atoms with E-state index in [1.807, 2.05) is 0 Å². The normalized spacial score (nSPS) is 11.1. The molecule has 370 valence electrons. The van der Waals surface area contributed by atoms with Gasteiger partial charge in [0.15, 0.2) is 0 Å². The van der Waals surface area contributed by atoms with E-state index in [9.17, 15) is 0 Å². The summed E-state index contributed by atoms with van der Waals surface area (Å²) in [5.74, 6) is 0. The molecule has 0 aliphatic rings. The SMILES string of the molecule is c1ccc(N(c2ccccc2)c2ccc(-c3ccc4c(N(c5ccccc5)c5ccccc5)c5ccc(-c6ccc(N(c7ccccc7)c7ccccc7)cc6)cc5c(N(c5ccccc5)c5ccccc5)c4c3)cc2)cc1. The van der Waals surface area contributed by atoms with Gasteiger partial charge in [0.1, 0.15) is 0 Å². The van der Waals surface area contributed by atoms with Gasteiger partial charge in [-0.3, -0.25) is 0 Å². The number of hydrogen-bond acceptors (Lipinski definition) is 4. The number of nitrogens with zero attached hydrogens (tertiary/aromatic N) is 4. The fraction of sp³-hybridized carbons (Fsp3) is 0. The molecule has 0 saturated heterocycles. The second-order valence-corrected chi connectivity index (χ2v) is 19.3. The van der Waals surface area contributed by atoms with Crippen LogP contribution in [0, 0.1) is 0 Å². The van der Waals surface area contributed by atoms with Crippen LogP contribution in [0.15, 0.2) is 328 Å². The lowest BCUT2D eigenvalue weighted by molar-refractivity contribution is 1.28. The first-order valence-electron chi connectivity index (χ1n) is 26.6. The Kier molecular flexibility index (Phi) is 13.0. The molecule has 0 atom stereocenters. The van der Waals surface area contributed by atoms with Crippen LogP contribution in [0.25, 0.3) is 43.8 Å². The third-order valence-electron chi connectivity index (χ3n) is 14.5. The first kappa shape index (κ1) is 47.3. The van der Waals surface area contributed by atoms with Crippen molar-refractivity contribution in [1.82, 2.24) is 0 Å². The van der Waals surface area contributed by atoms with Crippen molar-refractivity contribution in [2.24, 2.45) is 0 Å². The van der Waals surface area contributed by atoms with Gasteiger partial charge in [0.2, 0.25) is 0 Å². The zero-order valence-corrected chi connectivity index (χ0v) is 43.0. The summed E-state index contributed by atoms with van der Waals surface area (Å²) in [5, 5.41) is 4.49. The maximum Gasteiger partial charge on any atom is 0.0620 e. The highest BCUT2D eigenvalue weighted by atomic mass is 15.2. The van der Waals surface area contributed by atoms with Gasteiger partial charge >= 0.3 is 0 Å². The average molecular weight is 999 g/mol. The molecule has 13 rings (SSSR count). The summed E-state index contributed by atoms with van der Waals surface area (Å²) >= 11 is 0. The number of hydrogen-bond donors (Lipinski definition) is 0. The standard InChI is InChI=1S/C74H54N4/c1-9-25-59(26-10-1)75(60-27-11-2-12-28-60)67-47-41-55(42-48-67)57-45-51-69-71(53-57)74(78(65-37-21-7-22-38-65)66-39-23-8-24-40-66)72-54-58(46-52-70(72)73(69)77(63-33-17-5-18-34-63)64-35-19-6-20-36-64)56-43-49-68(50-44-56)76(61-29-13-3-14-30-61)62-31-15-4-16-32-62/h1-54H. The molecule has 4 nitrogen and oxygen atoms in total. The van der Waals surface area contributed by atoms with Crippen LogP contribution in [0.3, 0.4) is 0 Å². The molecule has 0 bridgehead atoms. The van der Waals surface area contributed by atoms with Gasteiger partial charge in [0, 0.05) is 78.4 Å². The Labute approximate surface area is 456 Å². The van der Waals surface area contributed by atoms with Gasteiger partial charge in [0.05, 0.1) is 11.4 Å². The van der Waals surface area contributed by atoms with E-state index in [1.165, 1.54) is 0 Å². The smallest absolute Gasteiger partial charge is 0.0620 e. The van der Waals surface area contributed by atoms with Crippen molar-refractivity contribution in [2.45, 2.75) is 0 Å². The summed E-state index contributed by atoms with van der Waals surface area (Å²) in [6, 6.07) is 118. The predicted octanol–water partition coefficient (Wildman–Crippen LogP) is 21.2. The quantitative estimate of drug-likeness (QED) is 0.0795. The van der Waals surface area contributed by atoms with Crippen molar-refractivity contribution in [2.75, 3.05) is 19.6 Å². The number of rotatable bonds is 14. The highest BCUT2D eigenvalue weighted by Gasteiger charge is 2.27. The lowest BCUT2D eigenvalue weighted by Gasteiger charge is -2.33. The van der Waals surface area contributed by atoms with Gasteiger partial charge in [-0.25, -0.2) is 0 Å². The summed E-state index contributed by atoms with van der Waals surface area (Å²) in [5.41, 5.74) is 17.5. The van der Waals surface area contributed by atoms with Crippen LogP contribution in [-0.2, 0) is 0 Å². The molecule has 0 heterocycles. The van der Waals surface area contributed by atoms with E-state index in [2.05, 4.69) is 347 Å². The maximum absolute atomic E-state index is 2.46. The first-order valence-corrected chi connectivity index (χ1v) is 26.6. The van der Waals surface area contributed by atoms with E-state index in [-0.39, 0.29) is 0 Å². The Morgan fingerprint density at radius 1 is 0.141 bits per heavy atom. The molecule has 0 aromatic heterocycles. The molecule has 0 fully saturated rings. The van der Waals surface area contributed by atoms with Gasteiger partial charge in [-0.2, -0.15) is 0 Å².